The average molecular weight is 443 g/mol. The molecule has 3 heterocycles. The normalized spacial score (nSPS) is 17.7. The van der Waals surface area contributed by atoms with E-state index in [9.17, 15) is 9.59 Å². The van der Waals surface area contributed by atoms with Crippen LogP contribution >= 0.6 is 0 Å². The van der Waals surface area contributed by atoms with Crippen molar-refractivity contribution in [1.82, 2.24) is 19.9 Å². The Bertz CT molecular complexity index is 1020. The van der Waals surface area contributed by atoms with Gasteiger partial charge in [-0.25, -0.2) is 9.78 Å². The number of carbonyl (C=O) groups is 2. The van der Waals surface area contributed by atoms with Gasteiger partial charge in [0.1, 0.15) is 5.60 Å². The highest BCUT2D eigenvalue weighted by atomic mass is 16.6. The van der Waals surface area contributed by atoms with E-state index in [1.165, 1.54) is 0 Å². The fourth-order valence-electron chi connectivity index (χ4n) is 4.00. The number of fused-ring (bicyclic) bond motifs is 1. The Hall–Kier alpha value is -2.64. The second-order valence-electron chi connectivity index (χ2n) is 11.2. The Kier molecular flexibility index (Phi) is 5.67. The first-order valence-corrected chi connectivity index (χ1v) is 11.5. The molecule has 2 fully saturated rings. The van der Waals surface area contributed by atoms with Gasteiger partial charge in [-0.3, -0.25) is 4.79 Å². The van der Waals surface area contributed by atoms with Crippen molar-refractivity contribution in [3.05, 3.63) is 23.0 Å². The molecule has 1 saturated carbocycles. The van der Waals surface area contributed by atoms with Gasteiger partial charge in [0.15, 0.2) is 0 Å². The van der Waals surface area contributed by atoms with E-state index in [-0.39, 0.29) is 17.4 Å². The number of ether oxygens (including phenoxy) is 1. The molecule has 0 N–H and O–H groups in total. The lowest BCUT2D eigenvalue weighted by molar-refractivity contribution is 0.0141. The van der Waals surface area contributed by atoms with Crippen LogP contribution in [0.3, 0.4) is 0 Å². The van der Waals surface area contributed by atoms with Gasteiger partial charge in [-0.05, 0) is 51.5 Å². The first kappa shape index (κ1) is 22.6. The number of amides is 2. The van der Waals surface area contributed by atoms with E-state index in [0.29, 0.717) is 49.8 Å². The van der Waals surface area contributed by atoms with Gasteiger partial charge >= 0.3 is 6.09 Å². The summed E-state index contributed by atoms with van der Waals surface area (Å²) in [5.41, 5.74) is 2.21. The molecule has 2 amide bonds. The first-order chi connectivity index (χ1) is 14.9. The maximum Gasteiger partial charge on any atom is 0.410 e. The number of hydrogen-bond donors (Lipinski definition) is 0. The van der Waals surface area contributed by atoms with Crippen LogP contribution in [0.15, 0.2) is 10.6 Å². The standard InChI is InChI=1S/C24H34N4O4/c1-23(2,3)14-18-19-16(13-17(15-7-8-15)25-20(19)32-26-18)21(29)27-9-11-28(12-10-27)22(30)31-24(4,5)6/h13,15H,7-12,14H2,1-6H3. The maximum absolute atomic E-state index is 13.6. The number of rotatable bonds is 3. The Morgan fingerprint density at radius 3 is 2.25 bits per heavy atom. The minimum atomic E-state index is -0.538. The summed E-state index contributed by atoms with van der Waals surface area (Å²) in [5, 5.41) is 5.01. The number of piperazine rings is 1. The van der Waals surface area contributed by atoms with Gasteiger partial charge in [-0.2, -0.15) is 0 Å². The van der Waals surface area contributed by atoms with E-state index in [1.807, 2.05) is 26.8 Å². The second-order valence-corrected chi connectivity index (χ2v) is 11.2. The molecule has 0 spiro atoms. The van der Waals surface area contributed by atoms with Gasteiger partial charge in [0, 0.05) is 37.8 Å². The molecule has 0 bridgehead atoms. The van der Waals surface area contributed by atoms with Crippen LogP contribution in [0.4, 0.5) is 4.79 Å². The molecule has 8 heteroatoms. The monoisotopic (exact) mass is 442 g/mol. The minimum absolute atomic E-state index is 0.00166. The zero-order valence-corrected chi connectivity index (χ0v) is 20.0. The molecule has 0 unspecified atom stereocenters. The number of nitrogens with zero attached hydrogens (tertiary/aromatic N) is 4. The van der Waals surface area contributed by atoms with Gasteiger partial charge < -0.3 is 19.1 Å². The molecule has 0 atom stereocenters. The topological polar surface area (TPSA) is 88.8 Å². The van der Waals surface area contributed by atoms with Crippen LogP contribution in [0, 0.1) is 5.41 Å². The highest BCUT2D eigenvalue weighted by Gasteiger charge is 2.33. The lowest BCUT2D eigenvalue weighted by atomic mass is 9.89. The van der Waals surface area contributed by atoms with Crippen molar-refractivity contribution in [1.29, 1.82) is 0 Å². The van der Waals surface area contributed by atoms with E-state index in [0.717, 1.165) is 29.6 Å². The van der Waals surface area contributed by atoms with E-state index in [1.54, 1.807) is 9.80 Å². The zero-order chi connectivity index (χ0) is 23.3. The molecule has 2 aromatic rings. The molecular weight excluding hydrogens is 408 g/mol. The Morgan fingerprint density at radius 1 is 1.06 bits per heavy atom. The predicted octanol–water partition coefficient (Wildman–Crippen LogP) is 4.38. The van der Waals surface area contributed by atoms with Crippen molar-refractivity contribution in [3.63, 3.8) is 0 Å². The van der Waals surface area contributed by atoms with Crippen LogP contribution in [-0.2, 0) is 11.2 Å². The summed E-state index contributed by atoms with van der Waals surface area (Å²) in [4.78, 5) is 34.1. The fraction of sp³-hybridized carbons (Fsp3) is 0.667. The molecule has 1 saturated heterocycles. The van der Waals surface area contributed by atoms with Crippen LogP contribution in [0.2, 0.25) is 0 Å². The van der Waals surface area contributed by atoms with Crippen LogP contribution in [0.1, 0.15) is 82.0 Å². The molecule has 0 aromatic carbocycles. The van der Waals surface area contributed by atoms with Crippen molar-refractivity contribution < 1.29 is 18.8 Å². The molecule has 174 valence electrons. The third kappa shape index (κ3) is 5.05. The summed E-state index contributed by atoms with van der Waals surface area (Å²) >= 11 is 0. The third-order valence-electron chi connectivity index (χ3n) is 5.68. The van der Waals surface area contributed by atoms with Crippen LogP contribution in [-0.4, -0.2) is 63.7 Å². The lowest BCUT2D eigenvalue weighted by Gasteiger charge is -2.35. The molecule has 0 radical (unpaired) electrons. The second kappa shape index (κ2) is 8.05. The molecule has 1 aliphatic carbocycles. The molecule has 4 rings (SSSR count). The van der Waals surface area contributed by atoms with Gasteiger partial charge in [0.05, 0.1) is 16.6 Å². The van der Waals surface area contributed by atoms with Gasteiger partial charge in [-0.15, -0.1) is 0 Å². The Balaban J connectivity index is 1.58. The quantitative estimate of drug-likeness (QED) is 0.701. The van der Waals surface area contributed by atoms with E-state index >= 15 is 0 Å². The number of aromatic nitrogens is 2. The molecule has 32 heavy (non-hydrogen) atoms. The summed E-state index contributed by atoms with van der Waals surface area (Å²) < 4.78 is 11.1. The summed E-state index contributed by atoms with van der Waals surface area (Å²) in [6.45, 7) is 13.8. The third-order valence-corrected chi connectivity index (χ3v) is 5.68. The van der Waals surface area contributed by atoms with E-state index < -0.39 is 5.60 Å². The molecule has 2 aromatic heterocycles. The van der Waals surface area contributed by atoms with Crippen molar-refractivity contribution in [2.45, 2.75) is 72.3 Å². The maximum atomic E-state index is 13.6. The first-order valence-electron chi connectivity index (χ1n) is 11.5. The Labute approximate surface area is 189 Å². The van der Waals surface area contributed by atoms with Crippen LogP contribution < -0.4 is 0 Å². The van der Waals surface area contributed by atoms with Crippen molar-refractivity contribution in [3.8, 4) is 0 Å². The van der Waals surface area contributed by atoms with Crippen LogP contribution in [0.25, 0.3) is 11.1 Å². The van der Waals surface area contributed by atoms with Gasteiger partial charge in [0.25, 0.3) is 11.6 Å². The summed E-state index contributed by atoms with van der Waals surface area (Å²) in [6, 6.07) is 1.94. The fourth-order valence-corrected chi connectivity index (χ4v) is 4.00. The van der Waals surface area contributed by atoms with E-state index in [4.69, 9.17) is 9.26 Å². The highest BCUT2D eigenvalue weighted by Crippen LogP contribution is 2.41. The smallest absolute Gasteiger partial charge is 0.410 e. The van der Waals surface area contributed by atoms with Gasteiger partial charge in [0.2, 0.25) is 0 Å². The number of carbonyl (C=O) groups excluding carboxylic acids is 2. The van der Waals surface area contributed by atoms with Gasteiger partial charge in [-0.1, -0.05) is 25.9 Å². The number of hydrogen-bond acceptors (Lipinski definition) is 6. The summed E-state index contributed by atoms with van der Waals surface area (Å²) in [5.74, 6) is 0.340. The van der Waals surface area contributed by atoms with Crippen molar-refractivity contribution in [2.24, 2.45) is 5.41 Å². The predicted molar refractivity (Wildman–Crippen MR) is 121 cm³/mol. The van der Waals surface area contributed by atoms with Crippen LogP contribution in [0.5, 0.6) is 0 Å². The average Bonchev–Trinajstić information content (AvgIpc) is 3.47. The number of pyridine rings is 1. The molecule has 8 nitrogen and oxygen atoms in total. The zero-order valence-electron chi connectivity index (χ0n) is 20.0. The lowest BCUT2D eigenvalue weighted by Crippen LogP contribution is -2.51. The van der Waals surface area contributed by atoms with Crippen molar-refractivity contribution >= 4 is 23.1 Å². The van der Waals surface area contributed by atoms with Crippen molar-refractivity contribution in [2.75, 3.05) is 26.2 Å². The molecule has 1 aliphatic heterocycles. The summed E-state index contributed by atoms with van der Waals surface area (Å²) in [7, 11) is 0. The van der Waals surface area contributed by atoms with E-state index in [2.05, 4.69) is 30.9 Å². The minimum Gasteiger partial charge on any atom is -0.444 e. The SMILES string of the molecule is CC(C)(C)Cc1noc2nc(C3CC3)cc(C(=O)N3CCN(C(=O)OC(C)(C)C)CC3)c12. The highest BCUT2D eigenvalue weighted by molar-refractivity contribution is 6.06. The molecular formula is C24H34N4O4. The Morgan fingerprint density at radius 2 is 1.69 bits per heavy atom. The molecule has 2 aliphatic rings. The largest absolute Gasteiger partial charge is 0.444 e. The summed E-state index contributed by atoms with van der Waals surface area (Å²) in [6.07, 6.45) is 2.53.